The Labute approximate surface area is 121 Å². The van der Waals surface area contributed by atoms with Gasteiger partial charge in [0, 0.05) is 11.3 Å². The van der Waals surface area contributed by atoms with Gasteiger partial charge in [-0.25, -0.2) is 4.98 Å². The maximum Gasteiger partial charge on any atom is 0.261 e. The number of hydrogen-bond donors (Lipinski definition) is 1. The number of ether oxygens (including phenoxy) is 1. The molecule has 5 heteroatoms. The highest BCUT2D eigenvalue weighted by Crippen LogP contribution is 2.21. The van der Waals surface area contributed by atoms with Crippen LogP contribution >= 0.6 is 0 Å². The lowest BCUT2D eigenvalue weighted by Gasteiger charge is -2.11. The predicted molar refractivity (Wildman–Crippen MR) is 82.5 cm³/mol. The number of benzene rings is 2. The average Bonchev–Trinajstić information content (AvgIpc) is 2.51. The summed E-state index contributed by atoms with van der Waals surface area (Å²) in [7, 11) is 1.59. The van der Waals surface area contributed by atoms with E-state index in [1.54, 1.807) is 42.3 Å². The normalized spacial score (nSPS) is 10.7. The van der Waals surface area contributed by atoms with Crippen LogP contribution in [0.1, 0.15) is 5.56 Å². The third-order valence-corrected chi connectivity index (χ3v) is 3.38. The molecule has 0 amide bonds. The standard InChI is InChI=1S/C16H15N3O2/c1-21-15-7-6-12(17)8-11(15)9-19-10-18-14-5-3-2-4-13(14)16(19)20/h2-8,10H,9,17H2,1H3. The summed E-state index contributed by atoms with van der Waals surface area (Å²) in [5.74, 6) is 0.698. The van der Waals surface area contributed by atoms with Crippen molar-refractivity contribution in [1.82, 2.24) is 9.55 Å². The Morgan fingerprint density at radius 2 is 2.05 bits per heavy atom. The zero-order chi connectivity index (χ0) is 14.8. The summed E-state index contributed by atoms with van der Waals surface area (Å²) in [6.07, 6.45) is 1.55. The number of hydrogen-bond acceptors (Lipinski definition) is 4. The van der Waals surface area contributed by atoms with Gasteiger partial charge in [-0.15, -0.1) is 0 Å². The van der Waals surface area contributed by atoms with Crippen LogP contribution in [0.5, 0.6) is 5.75 Å². The number of nitrogens with two attached hydrogens (primary N) is 1. The largest absolute Gasteiger partial charge is 0.496 e. The summed E-state index contributed by atoms with van der Waals surface area (Å²) < 4.78 is 6.86. The van der Waals surface area contributed by atoms with Crippen molar-refractivity contribution in [2.24, 2.45) is 0 Å². The lowest BCUT2D eigenvalue weighted by atomic mass is 10.1. The van der Waals surface area contributed by atoms with Crippen molar-refractivity contribution in [2.75, 3.05) is 12.8 Å². The van der Waals surface area contributed by atoms with Crippen LogP contribution in [0.3, 0.4) is 0 Å². The Balaban J connectivity index is 2.08. The molecule has 2 N–H and O–H groups in total. The molecule has 106 valence electrons. The highest BCUT2D eigenvalue weighted by Gasteiger charge is 2.08. The average molecular weight is 281 g/mol. The molecule has 0 saturated carbocycles. The Morgan fingerprint density at radius 1 is 1.24 bits per heavy atom. The monoisotopic (exact) mass is 281 g/mol. The van der Waals surface area contributed by atoms with Crippen molar-refractivity contribution >= 4 is 16.6 Å². The van der Waals surface area contributed by atoms with Crippen molar-refractivity contribution in [1.29, 1.82) is 0 Å². The Morgan fingerprint density at radius 3 is 2.86 bits per heavy atom. The Kier molecular flexibility index (Phi) is 3.31. The Hall–Kier alpha value is -2.82. The van der Waals surface area contributed by atoms with E-state index in [-0.39, 0.29) is 5.56 Å². The first kappa shape index (κ1) is 13.2. The molecule has 3 rings (SSSR count). The molecule has 0 aliphatic rings. The number of methoxy groups -OCH3 is 1. The first-order valence-corrected chi connectivity index (χ1v) is 6.55. The van der Waals surface area contributed by atoms with Gasteiger partial charge in [-0.3, -0.25) is 9.36 Å². The molecular weight excluding hydrogens is 266 g/mol. The summed E-state index contributed by atoms with van der Waals surface area (Å²) in [5, 5.41) is 0.600. The van der Waals surface area contributed by atoms with E-state index >= 15 is 0 Å². The third-order valence-electron chi connectivity index (χ3n) is 3.38. The highest BCUT2D eigenvalue weighted by atomic mass is 16.5. The highest BCUT2D eigenvalue weighted by molar-refractivity contribution is 5.76. The molecule has 0 saturated heterocycles. The summed E-state index contributed by atoms with van der Waals surface area (Å²) in [6.45, 7) is 0.366. The maximum atomic E-state index is 12.5. The van der Waals surface area contributed by atoms with Crippen LogP contribution in [0.15, 0.2) is 53.6 Å². The van der Waals surface area contributed by atoms with Crippen LogP contribution in [-0.4, -0.2) is 16.7 Å². The number of rotatable bonds is 3. The predicted octanol–water partition coefficient (Wildman–Crippen LogP) is 2.04. The molecule has 21 heavy (non-hydrogen) atoms. The van der Waals surface area contributed by atoms with Crippen molar-refractivity contribution in [3.8, 4) is 5.75 Å². The van der Waals surface area contributed by atoms with Crippen molar-refractivity contribution in [3.63, 3.8) is 0 Å². The first-order chi connectivity index (χ1) is 10.2. The van der Waals surface area contributed by atoms with E-state index in [1.165, 1.54) is 0 Å². The molecule has 0 aliphatic heterocycles. The van der Waals surface area contributed by atoms with Gasteiger partial charge >= 0.3 is 0 Å². The number of aromatic nitrogens is 2. The van der Waals surface area contributed by atoms with E-state index in [9.17, 15) is 4.79 Å². The molecule has 3 aromatic rings. The number of nitrogens with zero attached hydrogens (tertiary/aromatic N) is 2. The lowest BCUT2D eigenvalue weighted by molar-refractivity contribution is 0.408. The molecule has 0 spiro atoms. The number of nitrogen functional groups attached to an aromatic ring is 1. The van der Waals surface area contributed by atoms with E-state index < -0.39 is 0 Å². The summed E-state index contributed by atoms with van der Waals surface area (Å²) in [6, 6.07) is 12.7. The molecule has 1 aromatic heterocycles. The molecule has 0 unspecified atom stereocenters. The third kappa shape index (κ3) is 2.45. The van der Waals surface area contributed by atoms with Crippen molar-refractivity contribution < 1.29 is 4.74 Å². The molecule has 2 aromatic carbocycles. The van der Waals surface area contributed by atoms with E-state index in [0.717, 1.165) is 5.56 Å². The van der Waals surface area contributed by atoms with Gasteiger partial charge in [-0.05, 0) is 30.3 Å². The minimum atomic E-state index is -0.0786. The van der Waals surface area contributed by atoms with Gasteiger partial charge in [0.1, 0.15) is 5.75 Å². The van der Waals surface area contributed by atoms with Crippen LogP contribution in [-0.2, 0) is 6.54 Å². The minimum absolute atomic E-state index is 0.0786. The first-order valence-electron chi connectivity index (χ1n) is 6.55. The molecule has 0 radical (unpaired) electrons. The summed E-state index contributed by atoms with van der Waals surface area (Å²) in [5.41, 5.74) is 7.90. The van der Waals surface area contributed by atoms with Crippen molar-refractivity contribution in [3.05, 3.63) is 64.7 Å². The van der Waals surface area contributed by atoms with Crippen molar-refractivity contribution in [2.45, 2.75) is 6.54 Å². The number of fused-ring (bicyclic) bond motifs is 1. The Bertz CT molecular complexity index is 856. The molecule has 0 fully saturated rings. The van der Waals surface area contributed by atoms with Gasteiger partial charge in [0.15, 0.2) is 0 Å². The van der Waals surface area contributed by atoms with Crippen LogP contribution < -0.4 is 16.0 Å². The lowest BCUT2D eigenvalue weighted by Crippen LogP contribution is -2.21. The van der Waals surface area contributed by atoms with Crippen LogP contribution in [0, 0.1) is 0 Å². The molecule has 5 nitrogen and oxygen atoms in total. The number of anilines is 1. The fourth-order valence-corrected chi connectivity index (χ4v) is 2.32. The zero-order valence-electron chi connectivity index (χ0n) is 11.6. The van der Waals surface area contributed by atoms with Gasteiger partial charge in [0.2, 0.25) is 0 Å². The number of para-hydroxylation sites is 1. The minimum Gasteiger partial charge on any atom is -0.496 e. The molecule has 0 aliphatic carbocycles. The van der Waals surface area contributed by atoms with E-state index in [2.05, 4.69) is 4.98 Å². The summed E-state index contributed by atoms with van der Waals surface area (Å²) >= 11 is 0. The zero-order valence-corrected chi connectivity index (χ0v) is 11.6. The molecule has 1 heterocycles. The quantitative estimate of drug-likeness (QED) is 0.746. The van der Waals surface area contributed by atoms with Gasteiger partial charge in [0.05, 0.1) is 30.9 Å². The SMILES string of the molecule is COc1ccc(N)cc1Cn1cnc2ccccc2c1=O. The summed E-state index contributed by atoms with van der Waals surface area (Å²) in [4.78, 5) is 16.8. The molecular formula is C16H15N3O2. The van der Waals surface area contributed by atoms with Gasteiger partial charge in [0.25, 0.3) is 5.56 Å². The molecule has 0 bridgehead atoms. The fourth-order valence-electron chi connectivity index (χ4n) is 2.32. The molecule has 0 atom stereocenters. The van der Waals surface area contributed by atoms with E-state index in [1.807, 2.05) is 18.2 Å². The topological polar surface area (TPSA) is 70.1 Å². The second-order valence-electron chi connectivity index (χ2n) is 4.77. The van der Waals surface area contributed by atoms with Crippen LogP contribution in [0.25, 0.3) is 10.9 Å². The van der Waals surface area contributed by atoms with E-state index in [4.69, 9.17) is 10.5 Å². The van der Waals surface area contributed by atoms with Crippen LogP contribution in [0.2, 0.25) is 0 Å². The maximum absolute atomic E-state index is 12.5. The fraction of sp³-hybridized carbons (Fsp3) is 0.125. The second kappa shape index (κ2) is 5.28. The van der Waals surface area contributed by atoms with Gasteiger partial charge in [-0.1, -0.05) is 12.1 Å². The smallest absolute Gasteiger partial charge is 0.261 e. The van der Waals surface area contributed by atoms with Crippen LogP contribution in [0.4, 0.5) is 5.69 Å². The van der Waals surface area contributed by atoms with Gasteiger partial charge in [-0.2, -0.15) is 0 Å². The van der Waals surface area contributed by atoms with Gasteiger partial charge < -0.3 is 10.5 Å². The van der Waals surface area contributed by atoms with E-state index in [0.29, 0.717) is 28.9 Å². The second-order valence-corrected chi connectivity index (χ2v) is 4.77.